The molecule has 0 unspecified atom stereocenters. The summed E-state index contributed by atoms with van der Waals surface area (Å²) >= 11 is 0. The molecule has 0 saturated carbocycles. The molecule has 2 heterocycles. The van der Waals surface area contributed by atoms with Gasteiger partial charge in [-0.2, -0.15) is 0 Å². The number of carbonyl (C=O) groups excluding carboxylic acids is 1. The number of rotatable bonds is 2. The fourth-order valence-electron chi connectivity index (χ4n) is 2.89. The van der Waals surface area contributed by atoms with Crippen LogP contribution in [0.25, 0.3) is 27.5 Å². The first kappa shape index (κ1) is 14.4. The molecule has 4 rings (SSSR count). The lowest BCUT2D eigenvalue weighted by molar-refractivity contribution is 0.0526. The fraction of sp³-hybridized carbons (Fsp3) is 0.105. The third-order valence-corrected chi connectivity index (χ3v) is 3.99. The minimum absolute atomic E-state index is 0.196. The molecule has 24 heavy (non-hydrogen) atoms. The lowest BCUT2D eigenvalue weighted by Crippen LogP contribution is -2.16. The maximum Gasteiger partial charge on any atom is 0.338 e. The fourth-order valence-corrected chi connectivity index (χ4v) is 2.89. The number of hydrogen-bond acceptors (Lipinski definition) is 4. The van der Waals surface area contributed by atoms with Crippen molar-refractivity contribution in [1.82, 2.24) is 9.38 Å². The van der Waals surface area contributed by atoms with Gasteiger partial charge in [-0.15, -0.1) is 0 Å². The lowest BCUT2D eigenvalue weighted by Gasteiger charge is -2.08. The molecule has 0 fully saturated rings. The quantitative estimate of drug-likeness (QED) is 0.323. The smallest absolute Gasteiger partial charge is 0.338 e. The van der Waals surface area contributed by atoms with Crippen LogP contribution in [0.1, 0.15) is 17.3 Å². The van der Waals surface area contributed by atoms with Crippen molar-refractivity contribution in [3.05, 3.63) is 70.5 Å². The minimum atomic E-state index is -0.443. The zero-order valence-corrected chi connectivity index (χ0v) is 13.0. The normalized spacial score (nSPS) is 11.2. The van der Waals surface area contributed by atoms with E-state index in [9.17, 15) is 9.59 Å². The van der Waals surface area contributed by atoms with Gasteiger partial charge in [-0.1, -0.05) is 18.2 Å². The second-order valence-electron chi connectivity index (χ2n) is 5.46. The Kier molecular flexibility index (Phi) is 3.27. The van der Waals surface area contributed by atoms with Crippen LogP contribution in [0.15, 0.2) is 59.4 Å². The van der Waals surface area contributed by atoms with Crippen LogP contribution >= 0.6 is 0 Å². The summed E-state index contributed by atoms with van der Waals surface area (Å²) in [5, 5.41) is 1.35. The number of benzene rings is 2. The van der Waals surface area contributed by atoms with Gasteiger partial charge in [0.25, 0.3) is 5.56 Å². The van der Waals surface area contributed by atoms with Gasteiger partial charge in [0.05, 0.1) is 28.6 Å². The number of carbonyl (C=O) groups is 1. The molecule has 118 valence electrons. The first-order valence-corrected chi connectivity index (χ1v) is 7.70. The van der Waals surface area contributed by atoms with E-state index >= 15 is 0 Å². The molecule has 2 aromatic heterocycles. The molecule has 2 aromatic carbocycles. The molecular weight excluding hydrogens is 304 g/mol. The van der Waals surface area contributed by atoms with Crippen molar-refractivity contribution in [3.63, 3.8) is 0 Å². The Hall–Kier alpha value is -3.21. The third kappa shape index (κ3) is 2.13. The average molecular weight is 318 g/mol. The molecule has 5 heteroatoms. The molecule has 0 bridgehead atoms. The topological polar surface area (TPSA) is 60.7 Å². The van der Waals surface area contributed by atoms with Crippen LogP contribution in [0.5, 0.6) is 0 Å². The molecule has 4 aromatic rings. The van der Waals surface area contributed by atoms with Gasteiger partial charge < -0.3 is 4.74 Å². The van der Waals surface area contributed by atoms with Gasteiger partial charge in [-0.05, 0) is 48.7 Å². The molecule has 0 saturated heterocycles. The van der Waals surface area contributed by atoms with E-state index in [1.165, 1.54) is 0 Å². The molecule has 0 aliphatic carbocycles. The van der Waals surface area contributed by atoms with Gasteiger partial charge in [-0.25, -0.2) is 9.78 Å². The highest BCUT2D eigenvalue weighted by Crippen LogP contribution is 2.18. The Bertz CT molecular complexity index is 1160. The monoisotopic (exact) mass is 318 g/mol. The van der Waals surface area contributed by atoms with Gasteiger partial charge in [-0.3, -0.25) is 9.20 Å². The van der Waals surface area contributed by atoms with E-state index in [0.29, 0.717) is 22.1 Å². The maximum absolute atomic E-state index is 13.0. The van der Waals surface area contributed by atoms with Crippen LogP contribution in [-0.2, 0) is 4.74 Å². The number of nitrogens with zero attached hydrogens (tertiary/aromatic N) is 2. The molecule has 0 aliphatic rings. The van der Waals surface area contributed by atoms with Crippen molar-refractivity contribution in [2.75, 3.05) is 6.61 Å². The van der Waals surface area contributed by atoms with Gasteiger partial charge >= 0.3 is 5.97 Å². The highest BCUT2D eigenvalue weighted by Gasteiger charge is 2.12. The second-order valence-corrected chi connectivity index (χ2v) is 5.46. The molecule has 0 atom stereocenters. The zero-order valence-electron chi connectivity index (χ0n) is 13.0. The van der Waals surface area contributed by atoms with Gasteiger partial charge in [0, 0.05) is 0 Å². The summed E-state index contributed by atoms with van der Waals surface area (Å²) in [6.07, 6.45) is 0. The molecule has 0 aliphatic heterocycles. The Morgan fingerprint density at radius 3 is 2.79 bits per heavy atom. The largest absolute Gasteiger partial charge is 0.462 e. The van der Waals surface area contributed by atoms with Crippen LogP contribution in [0, 0.1) is 0 Å². The lowest BCUT2D eigenvalue weighted by atomic mass is 10.1. The third-order valence-electron chi connectivity index (χ3n) is 3.99. The van der Waals surface area contributed by atoms with E-state index in [4.69, 9.17) is 4.74 Å². The number of aromatic nitrogens is 2. The van der Waals surface area contributed by atoms with Crippen LogP contribution in [0.4, 0.5) is 0 Å². The number of esters is 1. The summed E-state index contributed by atoms with van der Waals surface area (Å²) in [5.74, 6) is -0.443. The van der Waals surface area contributed by atoms with Crippen LogP contribution in [0.2, 0.25) is 0 Å². The standard InChI is InChI=1S/C19H14N2O3/c1-2-24-19(23)13-7-9-15-14(11-13)18(22)21-16-6-4-3-5-12(16)8-10-17(21)20-15/h3-11H,2H2,1H3. The van der Waals surface area contributed by atoms with E-state index in [1.807, 2.05) is 36.4 Å². The first-order valence-electron chi connectivity index (χ1n) is 7.70. The highest BCUT2D eigenvalue weighted by atomic mass is 16.5. The second kappa shape index (κ2) is 5.45. The molecule has 0 spiro atoms. The van der Waals surface area contributed by atoms with E-state index in [-0.39, 0.29) is 12.2 Å². The van der Waals surface area contributed by atoms with Crippen molar-refractivity contribution in [2.24, 2.45) is 0 Å². The number of pyridine rings is 1. The van der Waals surface area contributed by atoms with E-state index in [2.05, 4.69) is 4.98 Å². The van der Waals surface area contributed by atoms with E-state index in [0.717, 1.165) is 10.9 Å². The Labute approximate surface area is 137 Å². The minimum Gasteiger partial charge on any atom is -0.462 e. The molecular formula is C19H14N2O3. The van der Waals surface area contributed by atoms with Crippen molar-refractivity contribution in [2.45, 2.75) is 6.92 Å². The number of hydrogen-bond donors (Lipinski definition) is 0. The summed E-state index contributed by atoms with van der Waals surface area (Å²) in [7, 11) is 0. The first-order chi connectivity index (χ1) is 11.7. The molecule has 5 nitrogen and oxygen atoms in total. The predicted octanol–water partition coefficient (Wildman–Crippen LogP) is 3.18. The molecule has 0 N–H and O–H groups in total. The average Bonchev–Trinajstić information content (AvgIpc) is 2.61. The summed E-state index contributed by atoms with van der Waals surface area (Å²) in [5.41, 5.74) is 2.08. The van der Waals surface area contributed by atoms with E-state index in [1.54, 1.807) is 29.5 Å². The SMILES string of the molecule is CCOC(=O)c1ccc2nc3ccc4ccccc4n3c(=O)c2c1. The molecule has 0 amide bonds. The Balaban J connectivity index is 2.09. The zero-order chi connectivity index (χ0) is 16.7. The number of ether oxygens (including phenoxy) is 1. The summed E-state index contributed by atoms with van der Waals surface area (Å²) in [6.45, 7) is 2.03. The number of fused-ring (bicyclic) bond motifs is 4. The van der Waals surface area contributed by atoms with Crippen molar-refractivity contribution < 1.29 is 9.53 Å². The van der Waals surface area contributed by atoms with Crippen LogP contribution < -0.4 is 5.56 Å². The number of para-hydroxylation sites is 1. The van der Waals surface area contributed by atoms with Crippen molar-refractivity contribution in [3.8, 4) is 0 Å². The summed E-state index contributed by atoms with van der Waals surface area (Å²) < 4.78 is 6.58. The molecule has 0 radical (unpaired) electrons. The van der Waals surface area contributed by atoms with Gasteiger partial charge in [0.15, 0.2) is 0 Å². The predicted molar refractivity (Wildman–Crippen MR) is 92.4 cm³/mol. The van der Waals surface area contributed by atoms with Gasteiger partial charge in [0.2, 0.25) is 0 Å². The summed E-state index contributed by atoms with van der Waals surface area (Å²) in [4.78, 5) is 29.5. The Morgan fingerprint density at radius 2 is 1.96 bits per heavy atom. The highest BCUT2D eigenvalue weighted by molar-refractivity contribution is 5.95. The van der Waals surface area contributed by atoms with Crippen LogP contribution in [-0.4, -0.2) is 22.0 Å². The van der Waals surface area contributed by atoms with E-state index < -0.39 is 5.97 Å². The van der Waals surface area contributed by atoms with Gasteiger partial charge in [0.1, 0.15) is 5.65 Å². The summed E-state index contributed by atoms with van der Waals surface area (Å²) in [6, 6.07) is 16.3. The Morgan fingerprint density at radius 1 is 1.12 bits per heavy atom. The maximum atomic E-state index is 13.0. The van der Waals surface area contributed by atoms with Crippen molar-refractivity contribution in [1.29, 1.82) is 0 Å². The van der Waals surface area contributed by atoms with Crippen LogP contribution in [0.3, 0.4) is 0 Å². The van der Waals surface area contributed by atoms with Crippen molar-refractivity contribution >= 4 is 33.4 Å².